The van der Waals surface area contributed by atoms with Gasteiger partial charge < -0.3 is 10.0 Å². The summed E-state index contributed by atoms with van der Waals surface area (Å²) >= 11 is 0. The molecule has 4 nitrogen and oxygen atoms in total. The molecule has 0 aromatic heterocycles. The van der Waals surface area contributed by atoms with Gasteiger partial charge in [-0.2, -0.15) is 0 Å². The molecule has 1 aliphatic carbocycles. The highest BCUT2D eigenvalue weighted by Gasteiger charge is 2.45. The number of nitrogens with one attached hydrogen (secondary N) is 1. The van der Waals surface area contributed by atoms with Crippen LogP contribution >= 0.6 is 0 Å². The SMILES string of the molecule is O=C(O)C1(NC2CN3CCC2CC3)CCCC1. The summed E-state index contributed by atoms with van der Waals surface area (Å²) in [6, 6.07) is 0.409. The van der Waals surface area contributed by atoms with Gasteiger partial charge in [-0.05, 0) is 44.7 Å². The number of piperidine rings is 3. The average Bonchev–Trinajstić information content (AvgIpc) is 2.80. The van der Waals surface area contributed by atoms with Crippen molar-refractivity contribution in [2.24, 2.45) is 5.92 Å². The van der Waals surface area contributed by atoms with E-state index >= 15 is 0 Å². The van der Waals surface area contributed by atoms with Crippen molar-refractivity contribution >= 4 is 5.97 Å². The third-order valence-electron chi connectivity index (χ3n) is 4.98. The van der Waals surface area contributed by atoms with Crippen LogP contribution in [0.4, 0.5) is 0 Å². The molecule has 4 fully saturated rings. The summed E-state index contributed by atoms with van der Waals surface area (Å²) in [6.07, 6.45) is 6.22. The average molecular weight is 238 g/mol. The summed E-state index contributed by atoms with van der Waals surface area (Å²) in [5.41, 5.74) is -0.608. The molecule has 4 heteroatoms. The summed E-state index contributed by atoms with van der Waals surface area (Å²) in [4.78, 5) is 14.0. The van der Waals surface area contributed by atoms with Crippen molar-refractivity contribution in [3.63, 3.8) is 0 Å². The van der Waals surface area contributed by atoms with E-state index in [1.54, 1.807) is 0 Å². The number of hydrogen-bond acceptors (Lipinski definition) is 3. The van der Waals surface area contributed by atoms with Gasteiger partial charge in [0.05, 0.1) is 0 Å². The van der Waals surface area contributed by atoms with Crippen LogP contribution in [0.3, 0.4) is 0 Å². The molecule has 0 spiro atoms. The van der Waals surface area contributed by atoms with E-state index < -0.39 is 11.5 Å². The molecule has 3 heterocycles. The molecule has 1 unspecified atom stereocenters. The fourth-order valence-electron chi connectivity index (χ4n) is 3.88. The van der Waals surface area contributed by atoms with E-state index in [2.05, 4.69) is 10.2 Å². The number of fused-ring (bicyclic) bond motifs is 3. The molecule has 1 atom stereocenters. The first-order valence-corrected chi connectivity index (χ1v) is 6.93. The normalized spacial score (nSPS) is 39.4. The number of hydrogen-bond donors (Lipinski definition) is 2. The van der Waals surface area contributed by atoms with E-state index in [4.69, 9.17) is 0 Å². The third kappa shape index (κ3) is 1.97. The van der Waals surface area contributed by atoms with Gasteiger partial charge in [-0.15, -0.1) is 0 Å². The lowest BCUT2D eigenvalue weighted by molar-refractivity contribution is -0.145. The molecule has 2 bridgehead atoms. The Bertz CT molecular complexity index is 305. The lowest BCUT2D eigenvalue weighted by Gasteiger charge is -2.47. The number of rotatable bonds is 3. The Morgan fingerprint density at radius 3 is 2.35 bits per heavy atom. The minimum Gasteiger partial charge on any atom is -0.480 e. The Kier molecular flexibility index (Phi) is 2.87. The number of aliphatic carboxylic acids is 1. The van der Waals surface area contributed by atoms with Gasteiger partial charge in [0, 0.05) is 12.6 Å². The van der Waals surface area contributed by atoms with Crippen LogP contribution in [-0.4, -0.2) is 47.2 Å². The number of carbonyl (C=O) groups is 1. The molecule has 0 aromatic rings. The highest BCUT2D eigenvalue weighted by atomic mass is 16.4. The summed E-state index contributed by atoms with van der Waals surface area (Å²) in [5.74, 6) is 0.0725. The maximum atomic E-state index is 11.5. The first kappa shape index (κ1) is 11.5. The number of nitrogens with zero attached hydrogens (tertiary/aromatic N) is 1. The van der Waals surface area contributed by atoms with E-state index in [-0.39, 0.29) is 0 Å². The van der Waals surface area contributed by atoms with Crippen molar-refractivity contribution in [1.82, 2.24) is 10.2 Å². The van der Waals surface area contributed by atoms with Crippen LogP contribution in [-0.2, 0) is 4.79 Å². The Balaban J connectivity index is 1.71. The Morgan fingerprint density at radius 1 is 1.24 bits per heavy atom. The van der Waals surface area contributed by atoms with E-state index in [1.165, 1.54) is 25.9 Å². The molecule has 0 radical (unpaired) electrons. The van der Waals surface area contributed by atoms with Gasteiger partial charge in [-0.3, -0.25) is 10.1 Å². The number of carboxylic acid groups (broad SMARTS) is 1. The van der Waals surface area contributed by atoms with Crippen molar-refractivity contribution in [2.45, 2.75) is 50.1 Å². The largest absolute Gasteiger partial charge is 0.480 e. The lowest BCUT2D eigenvalue weighted by Crippen LogP contribution is -2.63. The molecule has 4 rings (SSSR count). The third-order valence-corrected chi connectivity index (χ3v) is 4.98. The van der Waals surface area contributed by atoms with Crippen LogP contribution in [0, 0.1) is 5.92 Å². The first-order chi connectivity index (χ1) is 8.20. The van der Waals surface area contributed by atoms with E-state index in [0.29, 0.717) is 12.0 Å². The summed E-state index contributed by atoms with van der Waals surface area (Å²) in [6.45, 7) is 3.48. The Labute approximate surface area is 102 Å². The minimum atomic E-state index is -0.633. The highest BCUT2D eigenvalue weighted by molar-refractivity contribution is 5.79. The molecule has 3 aliphatic heterocycles. The zero-order chi connectivity index (χ0) is 11.9. The topological polar surface area (TPSA) is 52.6 Å². The second kappa shape index (κ2) is 4.25. The fourth-order valence-corrected chi connectivity index (χ4v) is 3.88. The van der Waals surface area contributed by atoms with Gasteiger partial charge in [0.15, 0.2) is 0 Å². The molecule has 4 aliphatic rings. The van der Waals surface area contributed by atoms with E-state index in [0.717, 1.165) is 32.2 Å². The van der Waals surface area contributed by atoms with Crippen molar-refractivity contribution in [3.05, 3.63) is 0 Å². The smallest absolute Gasteiger partial charge is 0.323 e. The molecule has 0 aromatic carbocycles. The molecule has 3 saturated heterocycles. The molecule has 0 amide bonds. The Hall–Kier alpha value is -0.610. The minimum absolute atomic E-state index is 0.409. The lowest BCUT2D eigenvalue weighted by atomic mass is 9.82. The maximum Gasteiger partial charge on any atom is 0.323 e. The molecule has 17 heavy (non-hydrogen) atoms. The zero-order valence-electron chi connectivity index (χ0n) is 10.3. The highest BCUT2D eigenvalue weighted by Crippen LogP contribution is 2.34. The van der Waals surface area contributed by atoms with Gasteiger partial charge in [-0.1, -0.05) is 12.8 Å². The monoisotopic (exact) mass is 238 g/mol. The van der Waals surface area contributed by atoms with Crippen LogP contribution in [0.1, 0.15) is 38.5 Å². The van der Waals surface area contributed by atoms with Crippen LogP contribution < -0.4 is 5.32 Å². The first-order valence-electron chi connectivity index (χ1n) is 6.93. The standard InChI is InChI=1S/C13H22N2O2/c16-12(17)13(5-1-2-6-13)14-11-9-15-7-3-10(11)4-8-15/h10-11,14H,1-9H2,(H,16,17). The van der Waals surface area contributed by atoms with E-state index in [1.807, 2.05) is 0 Å². The molecular weight excluding hydrogens is 216 g/mol. The Morgan fingerprint density at radius 2 is 1.88 bits per heavy atom. The molecule has 96 valence electrons. The quantitative estimate of drug-likeness (QED) is 0.772. The number of carboxylic acids is 1. The maximum absolute atomic E-state index is 11.5. The van der Waals surface area contributed by atoms with Crippen LogP contribution in [0.15, 0.2) is 0 Å². The van der Waals surface area contributed by atoms with Crippen LogP contribution in [0.2, 0.25) is 0 Å². The second-order valence-corrected chi connectivity index (χ2v) is 5.98. The predicted octanol–water partition coefficient (Wildman–Crippen LogP) is 1.07. The second-order valence-electron chi connectivity index (χ2n) is 5.98. The predicted molar refractivity (Wildman–Crippen MR) is 64.9 cm³/mol. The molecular formula is C13H22N2O2. The fraction of sp³-hybridized carbons (Fsp3) is 0.923. The van der Waals surface area contributed by atoms with Gasteiger partial charge in [-0.25, -0.2) is 0 Å². The van der Waals surface area contributed by atoms with Crippen molar-refractivity contribution in [3.8, 4) is 0 Å². The van der Waals surface area contributed by atoms with Gasteiger partial charge in [0.25, 0.3) is 0 Å². The van der Waals surface area contributed by atoms with Crippen molar-refractivity contribution < 1.29 is 9.90 Å². The summed E-state index contributed by atoms with van der Waals surface area (Å²) in [7, 11) is 0. The van der Waals surface area contributed by atoms with Gasteiger partial charge >= 0.3 is 5.97 Å². The van der Waals surface area contributed by atoms with Crippen LogP contribution in [0.25, 0.3) is 0 Å². The molecule has 2 N–H and O–H groups in total. The van der Waals surface area contributed by atoms with Gasteiger partial charge in [0.2, 0.25) is 0 Å². The molecule has 1 saturated carbocycles. The van der Waals surface area contributed by atoms with E-state index in [9.17, 15) is 9.90 Å². The van der Waals surface area contributed by atoms with Crippen molar-refractivity contribution in [2.75, 3.05) is 19.6 Å². The zero-order valence-corrected chi connectivity index (χ0v) is 10.3. The van der Waals surface area contributed by atoms with Gasteiger partial charge in [0.1, 0.15) is 5.54 Å². The van der Waals surface area contributed by atoms with Crippen molar-refractivity contribution in [1.29, 1.82) is 0 Å². The summed E-state index contributed by atoms with van der Waals surface area (Å²) < 4.78 is 0. The van der Waals surface area contributed by atoms with Crippen LogP contribution in [0.5, 0.6) is 0 Å². The summed E-state index contributed by atoms with van der Waals surface area (Å²) in [5, 5.41) is 13.0.